The normalized spacial score (nSPS) is 12.5. The van der Waals surface area contributed by atoms with Gasteiger partial charge in [0.1, 0.15) is 0 Å². The Balaban J connectivity index is 2.29. The van der Waals surface area contributed by atoms with Crippen molar-refractivity contribution in [1.29, 1.82) is 0 Å². The third-order valence-corrected chi connectivity index (χ3v) is 3.34. The van der Waals surface area contributed by atoms with Crippen molar-refractivity contribution in [1.82, 2.24) is 9.88 Å². The number of hydrogen-bond acceptors (Lipinski definition) is 4. The predicted octanol–water partition coefficient (Wildman–Crippen LogP) is 2.19. The molecule has 1 heterocycles. The highest BCUT2D eigenvalue weighted by atomic mass is 16.4. The van der Waals surface area contributed by atoms with Gasteiger partial charge in [-0.15, -0.1) is 0 Å². The minimum Gasteiger partial charge on any atom is -0.409 e. The van der Waals surface area contributed by atoms with Gasteiger partial charge in [0.05, 0.1) is 12.1 Å². The van der Waals surface area contributed by atoms with Crippen LogP contribution in [0, 0.1) is 0 Å². The average Bonchev–Trinajstić information content (AvgIpc) is 2.46. The van der Waals surface area contributed by atoms with Gasteiger partial charge < -0.3 is 10.9 Å². The largest absolute Gasteiger partial charge is 0.409 e. The number of benzene rings is 1. The van der Waals surface area contributed by atoms with Crippen molar-refractivity contribution in [3.8, 4) is 0 Å². The average molecular weight is 272 g/mol. The third-order valence-electron chi connectivity index (χ3n) is 3.34. The van der Waals surface area contributed by atoms with Crippen molar-refractivity contribution in [3.63, 3.8) is 0 Å². The second kappa shape index (κ2) is 6.34. The van der Waals surface area contributed by atoms with Gasteiger partial charge in [0.2, 0.25) is 0 Å². The molecule has 20 heavy (non-hydrogen) atoms. The summed E-state index contributed by atoms with van der Waals surface area (Å²) in [5, 5.41) is 12.9. The summed E-state index contributed by atoms with van der Waals surface area (Å²) in [7, 11) is 0. The summed E-state index contributed by atoms with van der Waals surface area (Å²) < 4.78 is 0. The SMILES string of the molecule is CC(C)N(CC(N)=NO)Cc1ccnc2ccccc12. The number of nitrogens with two attached hydrogens (primary N) is 1. The second-order valence-corrected chi connectivity index (χ2v) is 5.08. The van der Waals surface area contributed by atoms with Crippen molar-refractivity contribution in [2.75, 3.05) is 6.54 Å². The number of para-hydroxylation sites is 1. The summed E-state index contributed by atoms with van der Waals surface area (Å²) in [6.07, 6.45) is 1.82. The number of rotatable bonds is 5. The number of oxime groups is 1. The van der Waals surface area contributed by atoms with Crippen molar-refractivity contribution in [3.05, 3.63) is 42.1 Å². The van der Waals surface area contributed by atoms with Gasteiger partial charge in [0.25, 0.3) is 0 Å². The smallest absolute Gasteiger partial charge is 0.153 e. The zero-order chi connectivity index (χ0) is 14.5. The van der Waals surface area contributed by atoms with Gasteiger partial charge in [-0.1, -0.05) is 23.4 Å². The van der Waals surface area contributed by atoms with Crippen LogP contribution in [0.15, 0.2) is 41.7 Å². The van der Waals surface area contributed by atoms with Crippen molar-refractivity contribution < 1.29 is 5.21 Å². The lowest BCUT2D eigenvalue weighted by Gasteiger charge is -2.26. The van der Waals surface area contributed by atoms with Gasteiger partial charge in [-0.2, -0.15) is 0 Å². The number of amidine groups is 1. The summed E-state index contributed by atoms with van der Waals surface area (Å²) in [5.74, 6) is 0.220. The Morgan fingerprint density at radius 2 is 2.10 bits per heavy atom. The van der Waals surface area contributed by atoms with Gasteiger partial charge in [0, 0.05) is 24.2 Å². The predicted molar refractivity (Wildman–Crippen MR) is 80.7 cm³/mol. The van der Waals surface area contributed by atoms with Crippen LogP contribution in [0.4, 0.5) is 0 Å². The fourth-order valence-corrected chi connectivity index (χ4v) is 2.17. The molecule has 0 bridgehead atoms. The quantitative estimate of drug-likeness (QED) is 0.379. The fourth-order valence-electron chi connectivity index (χ4n) is 2.17. The van der Waals surface area contributed by atoms with Gasteiger partial charge in [-0.25, -0.2) is 0 Å². The Kier molecular flexibility index (Phi) is 4.53. The first-order valence-corrected chi connectivity index (χ1v) is 6.65. The van der Waals surface area contributed by atoms with Gasteiger partial charge >= 0.3 is 0 Å². The van der Waals surface area contributed by atoms with Gasteiger partial charge in [-0.05, 0) is 31.5 Å². The molecule has 0 aliphatic carbocycles. The van der Waals surface area contributed by atoms with E-state index in [1.165, 1.54) is 5.56 Å². The molecule has 5 heteroatoms. The van der Waals surface area contributed by atoms with E-state index in [9.17, 15) is 0 Å². The molecule has 0 aliphatic rings. The van der Waals surface area contributed by atoms with Crippen molar-refractivity contribution in [2.45, 2.75) is 26.4 Å². The van der Waals surface area contributed by atoms with E-state index in [1.807, 2.05) is 30.5 Å². The van der Waals surface area contributed by atoms with Crippen LogP contribution in [-0.2, 0) is 6.54 Å². The van der Waals surface area contributed by atoms with Crippen LogP contribution in [-0.4, -0.2) is 33.5 Å². The molecular weight excluding hydrogens is 252 g/mol. The molecule has 0 unspecified atom stereocenters. The molecule has 0 saturated heterocycles. The number of fused-ring (bicyclic) bond motifs is 1. The molecule has 0 radical (unpaired) electrons. The lowest BCUT2D eigenvalue weighted by molar-refractivity contribution is 0.239. The van der Waals surface area contributed by atoms with Crippen LogP contribution in [0.3, 0.4) is 0 Å². The number of aromatic nitrogens is 1. The highest BCUT2D eigenvalue weighted by Crippen LogP contribution is 2.18. The molecule has 0 aliphatic heterocycles. The van der Waals surface area contributed by atoms with Crippen LogP contribution in [0.2, 0.25) is 0 Å². The minimum absolute atomic E-state index is 0.220. The maximum absolute atomic E-state index is 8.73. The van der Waals surface area contributed by atoms with E-state index in [-0.39, 0.29) is 5.84 Å². The zero-order valence-corrected chi connectivity index (χ0v) is 11.8. The molecule has 2 aromatic rings. The van der Waals surface area contributed by atoms with Gasteiger partial charge in [0.15, 0.2) is 5.84 Å². The molecule has 0 atom stereocenters. The number of nitrogens with zero attached hydrogens (tertiary/aromatic N) is 3. The summed E-state index contributed by atoms with van der Waals surface area (Å²) in [5.41, 5.74) is 7.80. The van der Waals surface area contributed by atoms with Crippen LogP contribution >= 0.6 is 0 Å². The monoisotopic (exact) mass is 272 g/mol. The summed E-state index contributed by atoms with van der Waals surface area (Å²) in [6, 6.07) is 10.4. The van der Waals surface area contributed by atoms with E-state index in [1.54, 1.807) is 0 Å². The first-order chi connectivity index (χ1) is 9.61. The summed E-state index contributed by atoms with van der Waals surface area (Å²) in [4.78, 5) is 6.51. The molecule has 1 aromatic heterocycles. The zero-order valence-electron chi connectivity index (χ0n) is 11.8. The van der Waals surface area contributed by atoms with Gasteiger partial charge in [-0.3, -0.25) is 9.88 Å². The second-order valence-electron chi connectivity index (χ2n) is 5.08. The molecule has 2 rings (SSSR count). The van der Waals surface area contributed by atoms with Crippen LogP contribution in [0.1, 0.15) is 19.4 Å². The molecular formula is C15H20N4O. The Hall–Kier alpha value is -2.14. The molecule has 106 valence electrons. The highest BCUT2D eigenvalue weighted by Gasteiger charge is 2.13. The molecule has 3 N–H and O–H groups in total. The van der Waals surface area contributed by atoms with Crippen LogP contribution < -0.4 is 5.73 Å². The highest BCUT2D eigenvalue weighted by molar-refractivity contribution is 5.83. The van der Waals surface area contributed by atoms with E-state index in [0.717, 1.165) is 17.4 Å². The third kappa shape index (κ3) is 3.24. The van der Waals surface area contributed by atoms with E-state index in [0.29, 0.717) is 12.6 Å². The summed E-state index contributed by atoms with van der Waals surface area (Å²) >= 11 is 0. The fraction of sp³-hybridized carbons (Fsp3) is 0.333. The molecule has 0 fully saturated rings. The van der Waals surface area contributed by atoms with E-state index in [4.69, 9.17) is 10.9 Å². The molecule has 1 aromatic carbocycles. The maximum Gasteiger partial charge on any atom is 0.153 e. The molecule has 0 amide bonds. The minimum atomic E-state index is 0.220. The molecule has 5 nitrogen and oxygen atoms in total. The van der Waals surface area contributed by atoms with Crippen molar-refractivity contribution in [2.24, 2.45) is 10.9 Å². The molecule has 0 saturated carbocycles. The first-order valence-electron chi connectivity index (χ1n) is 6.65. The topological polar surface area (TPSA) is 74.7 Å². The Morgan fingerprint density at radius 1 is 1.35 bits per heavy atom. The van der Waals surface area contributed by atoms with Crippen LogP contribution in [0.25, 0.3) is 10.9 Å². The lowest BCUT2D eigenvalue weighted by atomic mass is 10.1. The molecule has 0 spiro atoms. The van der Waals surface area contributed by atoms with Crippen LogP contribution in [0.5, 0.6) is 0 Å². The Morgan fingerprint density at radius 3 is 2.80 bits per heavy atom. The first kappa shape index (κ1) is 14.3. The Labute approximate surface area is 118 Å². The summed E-state index contributed by atoms with van der Waals surface area (Å²) in [6.45, 7) is 5.35. The number of pyridine rings is 1. The number of hydrogen-bond donors (Lipinski definition) is 2. The lowest BCUT2D eigenvalue weighted by Crippen LogP contribution is -2.38. The standard InChI is InChI=1S/C15H20N4O/c1-11(2)19(10-15(16)18-20)9-12-7-8-17-14-6-4-3-5-13(12)14/h3-8,11,20H,9-10H2,1-2H3,(H2,16,18). The maximum atomic E-state index is 8.73. The Bertz CT molecular complexity index is 604. The van der Waals surface area contributed by atoms with E-state index in [2.05, 4.69) is 35.0 Å². The van der Waals surface area contributed by atoms with E-state index < -0.39 is 0 Å². The van der Waals surface area contributed by atoms with E-state index >= 15 is 0 Å². The van der Waals surface area contributed by atoms with Crippen molar-refractivity contribution >= 4 is 16.7 Å².